The van der Waals surface area contributed by atoms with E-state index in [1.54, 1.807) is 37.3 Å². The lowest BCUT2D eigenvalue weighted by atomic mass is 10.1. The number of para-hydroxylation sites is 2. The number of hydrogen-bond donors (Lipinski definition) is 2. The first-order valence-corrected chi connectivity index (χ1v) is 9.68. The maximum atomic E-state index is 13.1. The van der Waals surface area contributed by atoms with Gasteiger partial charge < -0.3 is 4.74 Å². The molecule has 0 radical (unpaired) electrons. The van der Waals surface area contributed by atoms with Crippen molar-refractivity contribution in [2.45, 2.75) is 11.8 Å². The number of anilines is 2. The van der Waals surface area contributed by atoms with Crippen LogP contribution in [-0.4, -0.2) is 43.7 Å². The highest BCUT2D eigenvalue weighted by Gasteiger charge is 2.25. The minimum Gasteiger partial charge on any atom is -0.495 e. The van der Waals surface area contributed by atoms with Gasteiger partial charge in [0, 0.05) is 12.6 Å². The van der Waals surface area contributed by atoms with E-state index in [4.69, 9.17) is 4.74 Å². The number of aromatic nitrogens is 3. The molecule has 0 saturated heterocycles. The van der Waals surface area contributed by atoms with Crippen molar-refractivity contribution in [1.82, 2.24) is 15.2 Å². The highest BCUT2D eigenvalue weighted by molar-refractivity contribution is 7.92. The lowest BCUT2D eigenvalue weighted by Crippen LogP contribution is -2.27. The Kier molecular flexibility index (Phi) is 5.32. The predicted molar refractivity (Wildman–Crippen MR) is 104 cm³/mol. The summed E-state index contributed by atoms with van der Waals surface area (Å²) in [6.45, 7) is 1.72. The molecule has 0 atom stereocenters. The van der Waals surface area contributed by atoms with Gasteiger partial charge in [-0.1, -0.05) is 18.2 Å². The number of H-pyrrole nitrogens is 1. The van der Waals surface area contributed by atoms with E-state index in [1.807, 2.05) is 0 Å². The molecule has 3 aromatic rings. The van der Waals surface area contributed by atoms with E-state index >= 15 is 0 Å². The molecule has 1 amide bonds. The molecule has 0 saturated carbocycles. The van der Waals surface area contributed by atoms with Crippen molar-refractivity contribution in [2.75, 3.05) is 23.8 Å². The molecular weight excluding hydrogens is 382 g/mol. The molecule has 28 heavy (non-hydrogen) atoms. The van der Waals surface area contributed by atoms with Gasteiger partial charge in [0.05, 0.1) is 17.7 Å². The van der Waals surface area contributed by atoms with Gasteiger partial charge in [-0.25, -0.2) is 13.5 Å². The number of methoxy groups -OCH3 is 1. The maximum absolute atomic E-state index is 13.1. The molecule has 0 aliphatic carbocycles. The van der Waals surface area contributed by atoms with Crippen LogP contribution >= 0.6 is 0 Å². The maximum Gasteiger partial charge on any atom is 0.264 e. The van der Waals surface area contributed by atoms with Gasteiger partial charge in [0.1, 0.15) is 12.1 Å². The van der Waals surface area contributed by atoms with Gasteiger partial charge in [-0.15, -0.1) is 0 Å². The van der Waals surface area contributed by atoms with Gasteiger partial charge in [0.15, 0.2) is 0 Å². The minimum atomic E-state index is -3.92. The van der Waals surface area contributed by atoms with Crippen molar-refractivity contribution in [1.29, 1.82) is 0 Å². The lowest BCUT2D eigenvalue weighted by Gasteiger charge is -2.22. The van der Waals surface area contributed by atoms with Crippen LogP contribution in [-0.2, 0) is 10.0 Å². The third kappa shape index (κ3) is 3.67. The molecule has 1 aromatic heterocycles. The average molecular weight is 401 g/mol. The number of nitrogens with zero attached hydrogens (tertiary/aromatic N) is 3. The second-order valence-electron chi connectivity index (χ2n) is 5.91. The quantitative estimate of drug-likeness (QED) is 0.654. The Labute approximate surface area is 162 Å². The highest BCUT2D eigenvalue weighted by Crippen LogP contribution is 2.31. The third-order valence-electron chi connectivity index (χ3n) is 4.18. The second-order valence-corrected chi connectivity index (χ2v) is 7.88. The van der Waals surface area contributed by atoms with Crippen molar-refractivity contribution in [3.63, 3.8) is 0 Å². The number of hydrogen-bond acceptors (Lipinski definition) is 6. The Balaban J connectivity index is 1.97. The largest absolute Gasteiger partial charge is 0.495 e. The Bertz CT molecular complexity index is 1100. The molecule has 1 heterocycles. The topological polar surface area (TPSA) is 117 Å². The number of benzene rings is 2. The first-order chi connectivity index (χ1) is 13.3. The molecule has 2 N–H and O–H groups in total. The Hall–Kier alpha value is -3.40. The smallest absolute Gasteiger partial charge is 0.264 e. The highest BCUT2D eigenvalue weighted by atomic mass is 32.2. The zero-order valence-corrected chi connectivity index (χ0v) is 16.3. The van der Waals surface area contributed by atoms with Crippen LogP contribution in [0.2, 0.25) is 0 Å². The molecule has 146 valence electrons. The summed E-state index contributed by atoms with van der Waals surface area (Å²) in [7, 11) is -1.02. The second kappa shape index (κ2) is 7.69. The van der Waals surface area contributed by atoms with E-state index in [1.165, 1.54) is 32.6 Å². The zero-order valence-electron chi connectivity index (χ0n) is 15.5. The van der Waals surface area contributed by atoms with Crippen LogP contribution in [0.5, 0.6) is 5.75 Å². The van der Waals surface area contributed by atoms with Crippen LogP contribution in [0.25, 0.3) is 0 Å². The summed E-state index contributed by atoms with van der Waals surface area (Å²) in [5.41, 5.74) is 1.22. The van der Waals surface area contributed by atoms with Crippen LogP contribution in [0.3, 0.4) is 0 Å². The van der Waals surface area contributed by atoms with Crippen LogP contribution in [0.4, 0.5) is 11.6 Å². The van der Waals surface area contributed by atoms with Crippen molar-refractivity contribution >= 4 is 27.6 Å². The number of carbonyl (C=O) groups excluding carboxylic acids is 1. The molecule has 2 aromatic carbocycles. The van der Waals surface area contributed by atoms with Gasteiger partial charge in [-0.05, 0) is 36.8 Å². The monoisotopic (exact) mass is 401 g/mol. The molecule has 0 aliphatic heterocycles. The zero-order chi connectivity index (χ0) is 20.3. The Morgan fingerprint density at radius 3 is 2.64 bits per heavy atom. The van der Waals surface area contributed by atoms with Crippen LogP contribution in [0.15, 0.2) is 53.7 Å². The molecule has 0 spiro atoms. The summed E-state index contributed by atoms with van der Waals surface area (Å²) in [5, 5.41) is 8.72. The summed E-state index contributed by atoms with van der Waals surface area (Å²) in [4.78, 5) is 16.3. The molecule has 9 nitrogen and oxygen atoms in total. The van der Waals surface area contributed by atoms with Crippen LogP contribution < -0.4 is 14.4 Å². The Morgan fingerprint density at radius 1 is 1.21 bits per heavy atom. The molecule has 0 fully saturated rings. The van der Waals surface area contributed by atoms with Crippen LogP contribution in [0.1, 0.15) is 15.9 Å². The predicted octanol–water partition coefficient (Wildman–Crippen LogP) is 2.20. The number of ether oxygens (including phenoxy) is 1. The lowest BCUT2D eigenvalue weighted by molar-refractivity contribution is 0.102. The standard InChI is InChI=1S/C18H19N5O4S/c1-12-8-9-13(10-14(12)17(24)21-18-19-11-20-22-18)28(25,26)23(2)15-6-4-5-7-16(15)27-3/h4-11H,1-3H3,(H2,19,20,21,22,24). The number of aryl methyl sites for hydroxylation is 1. The molecule has 3 rings (SSSR count). The van der Waals surface area contributed by atoms with Gasteiger partial charge >= 0.3 is 0 Å². The van der Waals surface area contributed by atoms with Gasteiger partial charge in [-0.2, -0.15) is 10.1 Å². The minimum absolute atomic E-state index is 0.0192. The number of nitrogens with one attached hydrogen (secondary N) is 2. The number of amides is 1. The first-order valence-electron chi connectivity index (χ1n) is 8.24. The number of sulfonamides is 1. The van der Waals surface area contributed by atoms with Crippen molar-refractivity contribution < 1.29 is 17.9 Å². The van der Waals surface area contributed by atoms with Gasteiger partial charge in [-0.3, -0.25) is 14.4 Å². The normalized spacial score (nSPS) is 11.1. The fraction of sp³-hybridized carbons (Fsp3) is 0.167. The molecule has 0 aliphatic rings. The van der Waals surface area contributed by atoms with Gasteiger partial charge in [0.2, 0.25) is 5.95 Å². The summed E-state index contributed by atoms with van der Waals surface area (Å²) in [6, 6.07) is 11.2. The molecule has 0 unspecified atom stereocenters. The van der Waals surface area contributed by atoms with Gasteiger partial charge in [0.25, 0.3) is 15.9 Å². The SMILES string of the molecule is COc1ccccc1N(C)S(=O)(=O)c1ccc(C)c(C(=O)Nc2ncn[nH]2)c1. The van der Waals surface area contributed by atoms with E-state index in [0.29, 0.717) is 17.0 Å². The molecule has 10 heteroatoms. The Morgan fingerprint density at radius 2 is 1.96 bits per heavy atom. The summed E-state index contributed by atoms with van der Waals surface area (Å²) >= 11 is 0. The van der Waals surface area contributed by atoms with E-state index in [-0.39, 0.29) is 16.4 Å². The van der Waals surface area contributed by atoms with E-state index in [2.05, 4.69) is 20.5 Å². The fourth-order valence-electron chi connectivity index (χ4n) is 2.62. The molecule has 0 bridgehead atoms. The van der Waals surface area contributed by atoms with E-state index in [0.717, 1.165) is 4.31 Å². The fourth-order valence-corrected chi connectivity index (χ4v) is 3.86. The number of carbonyl (C=O) groups is 1. The number of rotatable bonds is 6. The van der Waals surface area contributed by atoms with Crippen molar-refractivity contribution in [3.05, 3.63) is 59.9 Å². The molecular formula is C18H19N5O4S. The van der Waals surface area contributed by atoms with E-state index in [9.17, 15) is 13.2 Å². The van der Waals surface area contributed by atoms with Crippen LogP contribution in [0, 0.1) is 6.92 Å². The van der Waals surface area contributed by atoms with Crippen molar-refractivity contribution in [3.8, 4) is 5.75 Å². The summed E-state index contributed by atoms with van der Waals surface area (Å²) in [6.07, 6.45) is 1.26. The van der Waals surface area contributed by atoms with E-state index < -0.39 is 15.9 Å². The first kappa shape index (κ1) is 19.4. The number of aromatic amines is 1. The summed E-state index contributed by atoms with van der Waals surface area (Å²) < 4.78 is 32.6. The average Bonchev–Trinajstić information content (AvgIpc) is 3.20. The van der Waals surface area contributed by atoms with Crippen molar-refractivity contribution in [2.24, 2.45) is 0 Å². The summed E-state index contributed by atoms with van der Waals surface area (Å²) in [5.74, 6) is 0.0963. The third-order valence-corrected chi connectivity index (χ3v) is 5.95.